The highest BCUT2D eigenvalue weighted by molar-refractivity contribution is 9.10. The number of carbonyl (C=O) groups is 1. The molecule has 0 radical (unpaired) electrons. The maximum absolute atomic E-state index is 11.2. The topological polar surface area (TPSA) is 71.8 Å². The number of nitrogens with two attached hydrogens (primary N) is 1. The quantitative estimate of drug-likeness (QED) is 0.739. The minimum Gasteiger partial charge on any atom is -0.366 e. The fourth-order valence-electron chi connectivity index (χ4n) is 2.00. The van der Waals surface area contributed by atoms with E-state index in [4.69, 9.17) is 17.3 Å². The Hall–Kier alpha value is -1.85. The van der Waals surface area contributed by atoms with Crippen molar-refractivity contribution in [1.29, 1.82) is 0 Å². The van der Waals surface area contributed by atoms with E-state index in [1.807, 2.05) is 12.1 Å². The van der Waals surface area contributed by atoms with Crippen LogP contribution in [0.2, 0.25) is 5.02 Å². The standard InChI is InChI=1S/C14H9BrClN3O/c15-9-5-10(16)12-11(6-9)18-14(19-12)8-3-1-2-7(4-8)13(17)20/h1-6H,(H2,17,20)(H,18,19). The second-order valence-electron chi connectivity index (χ2n) is 4.31. The van der Waals surface area contributed by atoms with Gasteiger partial charge in [0, 0.05) is 15.6 Å². The van der Waals surface area contributed by atoms with E-state index in [0.717, 1.165) is 15.6 Å². The number of aromatic nitrogens is 2. The van der Waals surface area contributed by atoms with Crippen LogP contribution in [-0.2, 0) is 0 Å². The molecule has 1 aromatic heterocycles. The summed E-state index contributed by atoms with van der Waals surface area (Å²) in [5.74, 6) is 0.173. The molecule has 0 aliphatic heterocycles. The molecule has 100 valence electrons. The number of rotatable bonds is 2. The molecular formula is C14H9BrClN3O. The predicted molar refractivity (Wildman–Crippen MR) is 82.8 cm³/mol. The van der Waals surface area contributed by atoms with Gasteiger partial charge in [0.05, 0.1) is 10.5 Å². The van der Waals surface area contributed by atoms with Gasteiger partial charge in [-0.25, -0.2) is 4.98 Å². The first-order valence-electron chi connectivity index (χ1n) is 5.79. The number of H-pyrrole nitrogens is 1. The number of fused-ring (bicyclic) bond motifs is 1. The average Bonchev–Trinajstić information content (AvgIpc) is 2.83. The number of carbonyl (C=O) groups excluding carboxylic acids is 1. The first-order valence-corrected chi connectivity index (χ1v) is 6.97. The van der Waals surface area contributed by atoms with Gasteiger partial charge in [0.15, 0.2) is 0 Å². The number of aromatic amines is 1. The van der Waals surface area contributed by atoms with E-state index < -0.39 is 5.91 Å². The van der Waals surface area contributed by atoms with Crippen molar-refractivity contribution in [3.63, 3.8) is 0 Å². The van der Waals surface area contributed by atoms with E-state index in [0.29, 0.717) is 21.9 Å². The normalized spacial score (nSPS) is 10.9. The maximum atomic E-state index is 11.2. The highest BCUT2D eigenvalue weighted by atomic mass is 79.9. The number of benzene rings is 2. The lowest BCUT2D eigenvalue weighted by Gasteiger charge is -1.99. The number of hydrogen-bond acceptors (Lipinski definition) is 2. The molecule has 0 saturated heterocycles. The van der Waals surface area contributed by atoms with Crippen LogP contribution in [0.15, 0.2) is 40.9 Å². The highest BCUT2D eigenvalue weighted by Gasteiger charge is 2.10. The van der Waals surface area contributed by atoms with Crippen molar-refractivity contribution in [2.24, 2.45) is 5.73 Å². The summed E-state index contributed by atoms with van der Waals surface area (Å²) in [5, 5.41) is 0.558. The van der Waals surface area contributed by atoms with Gasteiger partial charge in [0.25, 0.3) is 0 Å². The lowest BCUT2D eigenvalue weighted by molar-refractivity contribution is 0.100. The molecule has 6 heteroatoms. The van der Waals surface area contributed by atoms with Crippen molar-refractivity contribution in [1.82, 2.24) is 9.97 Å². The van der Waals surface area contributed by atoms with Crippen LogP contribution in [0.5, 0.6) is 0 Å². The van der Waals surface area contributed by atoms with Gasteiger partial charge in [-0.3, -0.25) is 4.79 Å². The summed E-state index contributed by atoms with van der Waals surface area (Å²) in [6, 6.07) is 10.7. The van der Waals surface area contributed by atoms with Crippen molar-refractivity contribution < 1.29 is 4.79 Å². The Morgan fingerprint density at radius 3 is 2.85 bits per heavy atom. The molecule has 0 atom stereocenters. The van der Waals surface area contributed by atoms with Crippen LogP contribution >= 0.6 is 27.5 Å². The summed E-state index contributed by atoms with van der Waals surface area (Å²) in [6.07, 6.45) is 0. The van der Waals surface area contributed by atoms with Crippen molar-refractivity contribution in [3.8, 4) is 11.4 Å². The molecule has 0 aliphatic carbocycles. The number of nitrogens with one attached hydrogen (secondary N) is 1. The van der Waals surface area contributed by atoms with Crippen molar-refractivity contribution >= 4 is 44.5 Å². The Labute approximate surface area is 128 Å². The molecule has 0 fully saturated rings. The minimum absolute atomic E-state index is 0.440. The molecule has 3 rings (SSSR count). The van der Waals surface area contributed by atoms with Gasteiger partial charge < -0.3 is 10.7 Å². The highest BCUT2D eigenvalue weighted by Crippen LogP contribution is 2.29. The van der Waals surface area contributed by atoms with Crippen LogP contribution in [0.4, 0.5) is 0 Å². The Morgan fingerprint density at radius 1 is 1.30 bits per heavy atom. The maximum Gasteiger partial charge on any atom is 0.248 e. The van der Waals surface area contributed by atoms with Gasteiger partial charge in [-0.2, -0.15) is 0 Å². The second kappa shape index (κ2) is 4.92. The molecule has 0 bridgehead atoms. The monoisotopic (exact) mass is 349 g/mol. The largest absolute Gasteiger partial charge is 0.366 e. The summed E-state index contributed by atoms with van der Waals surface area (Å²) in [6.45, 7) is 0. The Kier molecular flexibility index (Phi) is 3.23. The fourth-order valence-corrected chi connectivity index (χ4v) is 2.85. The van der Waals surface area contributed by atoms with Gasteiger partial charge in [0.2, 0.25) is 5.91 Å². The zero-order valence-corrected chi connectivity index (χ0v) is 12.5. The second-order valence-corrected chi connectivity index (χ2v) is 5.64. The molecule has 1 heterocycles. The lowest BCUT2D eigenvalue weighted by atomic mass is 10.1. The average molecular weight is 351 g/mol. The third-order valence-electron chi connectivity index (χ3n) is 2.93. The van der Waals surface area contributed by atoms with E-state index in [1.165, 1.54) is 0 Å². The van der Waals surface area contributed by atoms with Crippen molar-refractivity contribution in [3.05, 3.63) is 51.5 Å². The van der Waals surface area contributed by atoms with E-state index in [-0.39, 0.29) is 0 Å². The van der Waals surface area contributed by atoms with E-state index >= 15 is 0 Å². The van der Waals surface area contributed by atoms with Crippen LogP contribution in [-0.4, -0.2) is 15.9 Å². The zero-order valence-electron chi connectivity index (χ0n) is 10.2. The molecule has 3 N–H and O–H groups in total. The van der Waals surface area contributed by atoms with Gasteiger partial charge in [-0.1, -0.05) is 39.7 Å². The van der Waals surface area contributed by atoms with Gasteiger partial charge in [0.1, 0.15) is 11.3 Å². The van der Waals surface area contributed by atoms with Crippen LogP contribution < -0.4 is 5.73 Å². The smallest absolute Gasteiger partial charge is 0.248 e. The molecular weight excluding hydrogens is 342 g/mol. The van der Waals surface area contributed by atoms with Crippen LogP contribution in [0.25, 0.3) is 22.4 Å². The summed E-state index contributed by atoms with van der Waals surface area (Å²) in [5.41, 5.74) is 8.02. The summed E-state index contributed by atoms with van der Waals surface area (Å²) in [4.78, 5) is 18.9. The lowest BCUT2D eigenvalue weighted by Crippen LogP contribution is -2.10. The number of hydrogen-bond donors (Lipinski definition) is 2. The Morgan fingerprint density at radius 2 is 2.10 bits per heavy atom. The molecule has 1 amide bonds. The molecule has 3 aromatic rings. The summed E-state index contributed by atoms with van der Waals surface area (Å²) in [7, 11) is 0. The van der Waals surface area contributed by atoms with Gasteiger partial charge >= 0.3 is 0 Å². The Bertz CT molecular complexity index is 828. The van der Waals surface area contributed by atoms with E-state index in [9.17, 15) is 4.79 Å². The molecule has 4 nitrogen and oxygen atoms in total. The molecule has 0 spiro atoms. The molecule has 20 heavy (non-hydrogen) atoms. The fraction of sp³-hybridized carbons (Fsp3) is 0. The van der Waals surface area contributed by atoms with E-state index in [2.05, 4.69) is 25.9 Å². The van der Waals surface area contributed by atoms with Crippen LogP contribution in [0.1, 0.15) is 10.4 Å². The van der Waals surface area contributed by atoms with Crippen LogP contribution in [0, 0.1) is 0 Å². The number of halogens is 2. The molecule has 2 aromatic carbocycles. The number of primary amides is 1. The first kappa shape index (κ1) is 13.1. The number of nitrogens with zero attached hydrogens (tertiary/aromatic N) is 1. The zero-order chi connectivity index (χ0) is 14.3. The minimum atomic E-state index is -0.469. The first-order chi connectivity index (χ1) is 9.54. The molecule has 0 saturated carbocycles. The number of imidazole rings is 1. The van der Waals surface area contributed by atoms with Gasteiger partial charge in [-0.05, 0) is 24.3 Å². The SMILES string of the molecule is NC(=O)c1cccc(-c2nc3c(Cl)cc(Br)cc3[nH]2)c1. The van der Waals surface area contributed by atoms with Crippen molar-refractivity contribution in [2.75, 3.05) is 0 Å². The van der Waals surface area contributed by atoms with Crippen molar-refractivity contribution in [2.45, 2.75) is 0 Å². The Balaban J connectivity index is 2.17. The molecule has 0 unspecified atom stereocenters. The van der Waals surface area contributed by atoms with E-state index in [1.54, 1.807) is 24.3 Å². The third-order valence-corrected chi connectivity index (χ3v) is 3.67. The predicted octanol–water partition coefficient (Wildman–Crippen LogP) is 3.74. The molecule has 0 aliphatic rings. The summed E-state index contributed by atoms with van der Waals surface area (Å²) < 4.78 is 0.871. The third kappa shape index (κ3) is 2.30. The summed E-state index contributed by atoms with van der Waals surface area (Å²) >= 11 is 9.54. The number of amides is 1. The van der Waals surface area contributed by atoms with Crippen LogP contribution in [0.3, 0.4) is 0 Å². The van der Waals surface area contributed by atoms with Gasteiger partial charge in [-0.15, -0.1) is 0 Å².